The first kappa shape index (κ1) is 26.0. The minimum atomic E-state index is -0.609. The third kappa shape index (κ3) is 6.12. The fourth-order valence-corrected chi connectivity index (χ4v) is 4.44. The van der Waals surface area contributed by atoms with Gasteiger partial charge in [-0.05, 0) is 37.2 Å². The van der Waals surface area contributed by atoms with Gasteiger partial charge in [0.2, 0.25) is 11.9 Å². The van der Waals surface area contributed by atoms with Crippen LogP contribution in [-0.4, -0.2) is 64.1 Å². The number of nitrogens with one attached hydrogen (secondary N) is 1. The average Bonchev–Trinajstić information content (AvgIpc) is 3.44. The predicted molar refractivity (Wildman–Crippen MR) is 146 cm³/mol. The Bertz CT molecular complexity index is 1530. The summed E-state index contributed by atoms with van der Waals surface area (Å²) in [6.45, 7) is 6.12. The number of rotatable bonds is 6. The molecule has 5 rings (SSSR count). The normalized spacial score (nSPS) is 14.0. The molecule has 0 radical (unpaired) electrons. The summed E-state index contributed by atoms with van der Waals surface area (Å²) in [5.74, 6) is 5.63. The molecule has 9 nitrogen and oxygen atoms in total. The second kappa shape index (κ2) is 11.4. The van der Waals surface area contributed by atoms with Crippen LogP contribution in [0.15, 0.2) is 59.7 Å². The third-order valence-corrected chi connectivity index (χ3v) is 6.68. The minimum absolute atomic E-state index is 0.278. The number of nitrogens with zero attached hydrogens (tertiary/aromatic N) is 5. The molecule has 1 amide bonds. The second-order valence-electron chi connectivity index (χ2n) is 9.51. The van der Waals surface area contributed by atoms with Gasteiger partial charge in [-0.2, -0.15) is 0 Å². The molecule has 0 spiro atoms. The lowest BCUT2D eigenvalue weighted by Crippen LogP contribution is -2.44. The zero-order chi connectivity index (χ0) is 27.4. The molecule has 2 aromatic heterocycles. The lowest BCUT2D eigenvalue weighted by Gasteiger charge is -2.32. The van der Waals surface area contributed by atoms with Gasteiger partial charge in [-0.3, -0.25) is 9.69 Å². The molecule has 2 aromatic carbocycles. The van der Waals surface area contributed by atoms with Crippen molar-refractivity contribution in [1.29, 1.82) is 0 Å². The Hall–Kier alpha value is -4.59. The van der Waals surface area contributed by atoms with Gasteiger partial charge in [0.05, 0.1) is 11.8 Å². The molecule has 4 aromatic rings. The van der Waals surface area contributed by atoms with Crippen molar-refractivity contribution in [3.8, 4) is 23.0 Å². The number of anilines is 2. The van der Waals surface area contributed by atoms with Crippen LogP contribution in [0.1, 0.15) is 32.6 Å². The number of likely N-dealkylation sites (N-methyl/N-ethyl adjacent to an activating group) is 1. The maximum atomic E-state index is 15.3. The van der Waals surface area contributed by atoms with E-state index in [4.69, 9.17) is 10.3 Å². The molecule has 0 unspecified atom stereocenters. The van der Waals surface area contributed by atoms with Crippen molar-refractivity contribution in [2.45, 2.75) is 13.5 Å². The number of carbonyl (C=O) groups is 1. The lowest BCUT2D eigenvalue weighted by atomic mass is 9.90. The van der Waals surface area contributed by atoms with Crippen LogP contribution in [-0.2, 0) is 6.54 Å². The molecule has 0 saturated carbocycles. The summed E-state index contributed by atoms with van der Waals surface area (Å²) in [7, 11) is 2.09. The molecule has 1 saturated heterocycles. The molecule has 1 aliphatic rings. The number of benzene rings is 2. The van der Waals surface area contributed by atoms with E-state index in [-0.39, 0.29) is 11.4 Å². The number of aromatic nitrogens is 3. The van der Waals surface area contributed by atoms with E-state index in [2.05, 4.69) is 49.1 Å². The molecular formula is C29H28FN7O2. The van der Waals surface area contributed by atoms with Crippen LogP contribution in [0.25, 0.3) is 11.1 Å². The number of primary amides is 1. The van der Waals surface area contributed by atoms with Crippen LogP contribution in [0.2, 0.25) is 0 Å². The molecular weight excluding hydrogens is 497 g/mol. The highest BCUT2D eigenvalue weighted by Crippen LogP contribution is 2.31. The molecule has 0 bridgehead atoms. The fraction of sp³-hybridized carbons (Fsp3) is 0.241. The van der Waals surface area contributed by atoms with Gasteiger partial charge in [0.15, 0.2) is 0 Å². The standard InChI is InChI=1S/C29H28FN7O2/c1-19-3-7-25(28(31)38)27(21-5-6-22(26(30)13-21)17-37-11-9-36(2)10-12-37)24(19)8-4-20-14-32-29(33-15-20)35-23-16-34-39-18-23/h3,5-7,13-16,18H,9-12,17H2,1-2H3,(H2,31,38)(H,32,33,35). The summed E-state index contributed by atoms with van der Waals surface area (Å²) in [5.41, 5.74) is 10.3. The van der Waals surface area contributed by atoms with Gasteiger partial charge in [-0.25, -0.2) is 14.4 Å². The van der Waals surface area contributed by atoms with Gasteiger partial charge in [-0.15, -0.1) is 0 Å². The molecule has 3 N–H and O–H groups in total. The van der Waals surface area contributed by atoms with E-state index in [9.17, 15) is 4.79 Å². The Morgan fingerprint density at radius 3 is 2.54 bits per heavy atom. The number of aryl methyl sites for hydroxylation is 1. The van der Waals surface area contributed by atoms with Gasteiger partial charge in [0.25, 0.3) is 0 Å². The smallest absolute Gasteiger partial charge is 0.249 e. The molecule has 0 aliphatic carbocycles. The van der Waals surface area contributed by atoms with Crippen molar-refractivity contribution in [2.75, 3.05) is 38.5 Å². The zero-order valence-corrected chi connectivity index (χ0v) is 21.7. The van der Waals surface area contributed by atoms with Crippen molar-refractivity contribution >= 4 is 17.5 Å². The number of carbonyl (C=O) groups excluding carboxylic acids is 1. The van der Waals surface area contributed by atoms with Crippen molar-refractivity contribution in [3.05, 3.63) is 88.8 Å². The lowest BCUT2D eigenvalue weighted by molar-refractivity contribution is 0.100. The van der Waals surface area contributed by atoms with E-state index in [1.807, 2.05) is 13.0 Å². The van der Waals surface area contributed by atoms with Crippen molar-refractivity contribution in [1.82, 2.24) is 24.9 Å². The molecule has 3 heterocycles. The van der Waals surface area contributed by atoms with Gasteiger partial charge in [0.1, 0.15) is 17.8 Å². The van der Waals surface area contributed by atoms with Crippen LogP contribution in [0, 0.1) is 24.6 Å². The van der Waals surface area contributed by atoms with E-state index >= 15 is 4.39 Å². The van der Waals surface area contributed by atoms with E-state index < -0.39 is 5.91 Å². The second-order valence-corrected chi connectivity index (χ2v) is 9.51. The monoisotopic (exact) mass is 525 g/mol. The van der Waals surface area contributed by atoms with Crippen LogP contribution in [0.5, 0.6) is 0 Å². The summed E-state index contributed by atoms with van der Waals surface area (Å²) in [4.78, 5) is 25.4. The third-order valence-electron chi connectivity index (χ3n) is 6.68. The summed E-state index contributed by atoms with van der Waals surface area (Å²) in [6.07, 6.45) is 6.11. The van der Waals surface area contributed by atoms with Crippen LogP contribution in [0.3, 0.4) is 0 Å². The maximum Gasteiger partial charge on any atom is 0.249 e. The van der Waals surface area contributed by atoms with Crippen LogP contribution < -0.4 is 11.1 Å². The number of hydrogen-bond acceptors (Lipinski definition) is 8. The van der Waals surface area contributed by atoms with Gasteiger partial charge in [-0.1, -0.05) is 35.2 Å². The van der Waals surface area contributed by atoms with E-state index in [0.29, 0.717) is 46.0 Å². The number of halogens is 1. The largest absolute Gasteiger partial charge is 0.366 e. The Labute approximate surface area is 225 Å². The molecule has 10 heteroatoms. The summed E-state index contributed by atoms with van der Waals surface area (Å²) in [5, 5.41) is 6.59. The summed E-state index contributed by atoms with van der Waals surface area (Å²) in [6, 6.07) is 8.51. The first-order valence-corrected chi connectivity index (χ1v) is 12.5. The van der Waals surface area contributed by atoms with Crippen molar-refractivity contribution in [3.63, 3.8) is 0 Å². The van der Waals surface area contributed by atoms with Crippen LogP contribution >= 0.6 is 0 Å². The molecule has 1 aliphatic heterocycles. The first-order chi connectivity index (χ1) is 18.9. The van der Waals surface area contributed by atoms with Gasteiger partial charge >= 0.3 is 0 Å². The highest BCUT2D eigenvalue weighted by Gasteiger charge is 2.19. The van der Waals surface area contributed by atoms with Crippen LogP contribution in [0.4, 0.5) is 16.0 Å². The van der Waals surface area contributed by atoms with E-state index in [1.165, 1.54) is 18.5 Å². The average molecular weight is 526 g/mol. The van der Waals surface area contributed by atoms with E-state index in [0.717, 1.165) is 31.7 Å². The fourth-order valence-electron chi connectivity index (χ4n) is 4.44. The minimum Gasteiger partial charge on any atom is -0.366 e. The predicted octanol–water partition coefficient (Wildman–Crippen LogP) is 3.57. The quantitative estimate of drug-likeness (QED) is 0.368. The highest BCUT2D eigenvalue weighted by molar-refractivity contribution is 6.01. The summed E-state index contributed by atoms with van der Waals surface area (Å²) < 4.78 is 20.1. The Morgan fingerprint density at radius 1 is 1.10 bits per heavy atom. The number of nitrogens with two attached hydrogens (primary N) is 1. The number of amides is 1. The Kier molecular flexibility index (Phi) is 7.63. The summed E-state index contributed by atoms with van der Waals surface area (Å²) >= 11 is 0. The number of piperazine rings is 1. The van der Waals surface area contributed by atoms with Crippen molar-refractivity contribution < 1.29 is 13.7 Å². The molecule has 1 fully saturated rings. The highest BCUT2D eigenvalue weighted by atomic mass is 19.1. The number of hydrogen-bond donors (Lipinski definition) is 2. The molecule has 198 valence electrons. The van der Waals surface area contributed by atoms with Gasteiger partial charge < -0.3 is 20.5 Å². The van der Waals surface area contributed by atoms with Crippen molar-refractivity contribution in [2.24, 2.45) is 5.73 Å². The molecule has 39 heavy (non-hydrogen) atoms. The topological polar surface area (TPSA) is 113 Å². The Balaban J connectivity index is 1.45. The molecule has 0 atom stereocenters. The SMILES string of the molecule is Cc1ccc(C(N)=O)c(-c2ccc(CN3CCN(C)CC3)c(F)c2)c1C#Cc1cnc(Nc2cnoc2)nc1. The van der Waals surface area contributed by atoms with Gasteiger partial charge in [0, 0.05) is 67.4 Å². The first-order valence-electron chi connectivity index (χ1n) is 12.5. The zero-order valence-electron chi connectivity index (χ0n) is 21.7. The maximum absolute atomic E-state index is 15.3. The Morgan fingerprint density at radius 2 is 1.87 bits per heavy atom. The van der Waals surface area contributed by atoms with E-state index in [1.54, 1.807) is 30.6 Å².